The Hall–Kier alpha value is -2.61. The number of benzene rings is 2. The van der Waals surface area contributed by atoms with Crippen molar-refractivity contribution in [3.05, 3.63) is 56.5 Å². The minimum atomic E-state index is -0.548. The third-order valence-corrected chi connectivity index (χ3v) is 6.29. The van der Waals surface area contributed by atoms with E-state index in [-0.39, 0.29) is 10.6 Å². The Morgan fingerprint density at radius 2 is 1.90 bits per heavy atom. The molecular formula is C22H20Cl2FN5O. The Morgan fingerprint density at radius 1 is 1.10 bits per heavy atom. The Morgan fingerprint density at radius 3 is 2.71 bits per heavy atom. The molecule has 1 fully saturated rings. The van der Waals surface area contributed by atoms with Gasteiger partial charge >= 0.3 is 0 Å². The van der Waals surface area contributed by atoms with E-state index in [4.69, 9.17) is 23.2 Å². The molecule has 0 atom stereocenters. The number of hydrogen-bond acceptors (Lipinski definition) is 4. The summed E-state index contributed by atoms with van der Waals surface area (Å²) in [5, 5.41) is 8.19. The van der Waals surface area contributed by atoms with Crippen molar-refractivity contribution in [3.63, 3.8) is 0 Å². The molecule has 0 bridgehead atoms. The van der Waals surface area contributed by atoms with Crippen LogP contribution in [0.1, 0.15) is 12.8 Å². The van der Waals surface area contributed by atoms with Crippen LogP contribution in [0.2, 0.25) is 10.0 Å². The maximum absolute atomic E-state index is 13.9. The van der Waals surface area contributed by atoms with Crippen LogP contribution in [0.5, 0.6) is 0 Å². The summed E-state index contributed by atoms with van der Waals surface area (Å²) in [6, 6.07) is 8.07. The predicted octanol–water partition coefficient (Wildman–Crippen LogP) is 4.93. The highest BCUT2D eigenvalue weighted by atomic mass is 35.5. The molecule has 3 heterocycles. The van der Waals surface area contributed by atoms with Crippen molar-refractivity contribution < 1.29 is 4.39 Å². The van der Waals surface area contributed by atoms with E-state index in [1.165, 1.54) is 12.1 Å². The van der Waals surface area contributed by atoms with Crippen LogP contribution in [0.4, 0.5) is 10.1 Å². The minimum absolute atomic E-state index is 0.0194. The summed E-state index contributed by atoms with van der Waals surface area (Å²) in [5.74, 6) is 0.284. The molecule has 9 heteroatoms. The molecule has 160 valence electrons. The number of pyridine rings is 1. The normalized spacial score (nSPS) is 15.1. The van der Waals surface area contributed by atoms with Gasteiger partial charge in [-0.15, -0.1) is 0 Å². The molecule has 5 rings (SSSR count). The second-order valence-corrected chi connectivity index (χ2v) is 8.68. The third kappa shape index (κ3) is 3.89. The second kappa shape index (κ2) is 8.15. The number of rotatable bonds is 4. The van der Waals surface area contributed by atoms with Crippen LogP contribution in [0.25, 0.3) is 33.3 Å². The van der Waals surface area contributed by atoms with Crippen LogP contribution in [-0.2, 0) is 0 Å². The van der Waals surface area contributed by atoms with Gasteiger partial charge < -0.3 is 20.6 Å². The van der Waals surface area contributed by atoms with Crippen LogP contribution in [0.15, 0.2) is 35.1 Å². The number of nitrogens with zero attached hydrogens (tertiary/aromatic N) is 1. The fourth-order valence-electron chi connectivity index (χ4n) is 4.13. The summed E-state index contributed by atoms with van der Waals surface area (Å²) in [6.45, 7) is 2.69. The van der Waals surface area contributed by atoms with E-state index < -0.39 is 5.82 Å². The van der Waals surface area contributed by atoms with Crippen LogP contribution >= 0.6 is 23.2 Å². The number of piperidine rings is 1. The van der Waals surface area contributed by atoms with Crippen LogP contribution in [-0.4, -0.2) is 34.6 Å². The lowest BCUT2D eigenvalue weighted by Gasteiger charge is -2.24. The molecule has 0 saturated carbocycles. The maximum Gasteiger partial charge on any atom is 0.261 e. The first kappa shape index (κ1) is 20.3. The SMILES string of the molecule is O=c1[nH]c2ccc(Cl)cc2c(NCC2CCNCC2)c1-c1nc2cc(Cl)c(F)cc2[nH]1. The smallest absolute Gasteiger partial charge is 0.261 e. The molecule has 2 aromatic carbocycles. The lowest BCUT2D eigenvalue weighted by atomic mass is 9.97. The summed E-state index contributed by atoms with van der Waals surface area (Å²) >= 11 is 12.2. The molecule has 0 radical (unpaired) electrons. The Bertz CT molecular complexity index is 1300. The molecule has 4 aromatic rings. The van der Waals surface area contributed by atoms with Crippen molar-refractivity contribution >= 4 is 50.8 Å². The fraction of sp³-hybridized carbons (Fsp3) is 0.273. The summed E-state index contributed by atoms with van der Waals surface area (Å²) in [6.07, 6.45) is 2.12. The van der Waals surface area contributed by atoms with Crippen molar-refractivity contribution in [2.24, 2.45) is 5.92 Å². The molecule has 1 aliphatic heterocycles. The van der Waals surface area contributed by atoms with Crippen LogP contribution in [0.3, 0.4) is 0 Å². The third-order valence-electron chi connectivity index (χ3n) is 5.76. The average molecular weight is 460 g/mol. The van der Waals surface area contributed by atoms with Crippen molar-refractivity contribution in [3.8, 4) is 11.4 Å². The lowest BCUT2D eigenvalue weighted by molar-refractivity contribution is 0.390. The molecule has 31 heavy (non-hydrogen) atoms. The molecular weight excluding hydrogens is 440 g/mol. The zero-order valence-corrected chi connectivity index (χ0v) is 18.0. The highest BCUT2D eigenvalue weighted by Crippen LogP contribution is 2.33. The summed E-state index contributed by atoms with van der Waals surface area (Å²) in [5.41, 5.74) is 2.34. The van der Waals surface area contributed by atoms with E-state index in [9.17, 15) is 9.18 Å². The van der Waals surface area contributed by atoms with Crippen molar-refractivity contribution in [2.45, 2.75) is 12.8 Å². The van der Waals surface area contributed by atoms with Gasteiger partial charge in [0.2, 0.25) is 0 Å². The van der Waals surface area contributed by atoms with Crippen LogP contribution < -0.4 is 16.2 Å². The molecule has 6 nitrogen and oxygen atoms in total. The van der Waals surface area contributed by atoms with Gasteiger partial charge in [-0.25, -0.2) is 9.37 Å². The van der Waals surface area contributed by atoms with Gasteiger partial charge in [-0.2, -0.15) is 0 Å². The average Bonchev–Trinajstić information content (AvgIpc) is 3.15. The van der Waals surface area contributed by atoms with E-state index in [0.717, 1.165) is 37.9 Å². The number of aromatic amines is 2. The molecule has 4 N–H and O–H groups in total. The number of H-pyrrole nitrogens is 2. The first-order valence-corrected chi connectivity index (χ1v) is 10.9. The lowest BCUT2D eigenvalue weighted by Crippen LogP contribution is -2.31. The van der Waals surface area contributed by atoms with E-state index in [1.54, 1.807) is 12.1 Å². The van der Waals surface area contributed by atoms with E-state index in [1.807, 2.05) is 6.07 Å². The van der Waals surface area contributed by atoms with E-state index in [0.29, 0.717) is 44.6 Å². The van der Waals surface area contributed by atoms with Gasteiger partial charge in [-0.3, -0.25) is 4.79 Å². The molecule has 0 unspecified atom stereocenters. The minimum Gasteiger partial charge on any atom is -0.383 e. The van der Waals surface area contributed by atoms with Crippen molar-refractivity contribution in [1.82, 2.24) is 20.3 Å². The number of halogens is 3. The second-order valence-electron chi connectivity index (χ2n) is 7.84. The Kier molecular flexibility index (Phi) is 5.33. The van der Waals surface area contributed by atoms with Gasteiger partial charge in [0.05, 0.1) is 27.3 Å². The number of fused-ring (bicyclic) bond motifs is 2. The summed E-state index contributed by atoms with van der Waals surface area (Å²) in [7, 11) is 0. The van der Waals surface area contributed by atoms with Crippen LogP contribution in [0, 0.1) is 11.7 Å². The topological polar surface area (TPSA) is 85.6 Å². The van der Waals surface area contributed by atoms with Gasteiger partial charge in [0, 0.05) is 23.0 Å². The zero-order chi connectivity index (χ0) is 21.5. The van der Waals surface area contributed by atoms with Crippen molar-refractivity contribution in [1.29, 1.82) is 0 Å². The highest BCUT2D eigenvalue weighted by molar-refractivity contribution is 6.31. The Balaban J connectivity index is 1.67. The van der Waals surface area contributed by atoms with Gasteiger partial charge in [-0.1, -0.05) is 23.2 Å². The highest BCUT2D eigenvalue weighted by Gasteiger charge is 2.21. The van der Waals surface area contributed by atoms with Gasteiger partial charge in [0.1, 0.15) is 17.2 Å². The quantitative estimate of drug-likeness (QED) is 0.348. The largest absolute Gasteiger partial charge is 0.383 e. The summed E-state index contributed by atoms with van der Waals surface area (Å²) < 4.78 is 13.9. The van der Waals surface area contributed by atoms with Gasteiger partial charge in [-0.05, 0) is 56.1 Å². The monoisotopic (exact) mass is 459 g/mol. The molecule has 0 spiro atoms. The molecule has 2 aromatic heterocycles. The predicted molar refractivity (Wildman–Crippen MR) is 124 cm³/mol. The van der Waals surface area contributed by atoms with Crippen molar-refractivity contribution in [2.75, 3.05) is 25.0 Å². The number of imidazole rings is 1. The number of nitrogens with one attached hydrogen (secondary N) is 4. The number of aromatic nitrogens is 3. The standard InChI is InChI=1S/C22H20Cl2FN5O/c23-12-1-2-16-13(7-12)20(27-10-11-3-5-26-6-4-11)19(22(31)30-16)21-28-17-8-14(24)15(25)9-18(17)29-21/h1-2,7-9,11,26H,3-6,10H2,(H,28,29)(H2,27,30,31). The first-order valence-electron chi connectivity index (χ1n) is 10.1. The van der Waals surface area contributed by atoms with Gasteiger partial charge in [0.15, 0.2) is 0 Å². The molecule has 1 aliphatic rings. The zero-order valence-electron chi connectivity index (χ0n) is 16.5. The van der Waals surface area contributed by atoms with E-state index >= 15 is 0 Å². The molecule has 0 amide bonds. The molecule has 0 aliphatic carbocycles. The fourth-order valence-corrected chi connectivity index (χ4v) is 4.46. The first-order chi connectivity index (χ1) is 15.0. The number of anilines is 1. The van der Waals surface area contributed by atoms with E-state index in [2.05, 4.69) is 25.6 Å². The summed E-state index contributed by atoms with van der Waals surface area (Å²) in [4.78, 5) is 23.6. The number of hydrogen-bond donors (Lipinski definition) is 4. The molecule has 1 saturated heterocycles. The maximum atomic E-state index is 13.9. The Labute approximate surface area is 187 Å². The van der Waals surface area contributed by atoms with Gasteiger partial charge in [0.25, 0.3) is 5.56 Å².